The fourth-order valence-corrected chi connectivity index (χ4v) is 2.83. The van der Waals surface area contributed by atoms with Gasteiger partial charge in [0.05, 0.1) is 18.7 Å². The summed E-state index contributed by atoms with van der Waals surface area (Å²) >= 11 is 0. The molecule has 1 atom stereocenters. The molecule has 0 aliphatic carbocycles. The van der Waals surface area contributed by atoms with Crippen molar-refractivity contribution in [3.8, 4) is 11.8 Å². The number of hydrogen-bond acceptors (Lipinski definition) is 4. The van der Waals surface area contributed by atoms with E-state index in [-0.39, 0.29) is 0 Å². The highest BCUT2D eigenvalue weighted by atomic mass is 16.5. The lowest BCUT2D eigenvalue weighted by atomic mass is 10.1. The zero-order valence-electron chi connectivity index (χ0n) is 12.2. The topological polar surface area (TPSA) is 73.6 Å². The van der Waals surface area contributed by atoms with E-state index in [0.717, 1.165) is 31.4 Å². The molecule has 0 amide bonds. The van der Waals surface area contributed by atoms with Crippen LogP contribution in [0.4, 0.5) is 0 Å². The summed E-state index contributed by atoms with van der Waals surface area (Å²) in [5, 5.41) is 18.4. The lowest BCUT2D eigenvalue weighted by molar-refractivity contribution is -0.143. The van der Waals surface area contributed by atoms with Gasteiger partial charge >= 0.3 is 5.97 Å². The van der Waals surface area contributed by atoms with Crippen LogP contribution in [0.3, 0.4) is 0 Å². The molecule has 1 saturated heterocycles. The Hall–Kier alpha value is -2.06. The second-order valence-electron chi connectivity index (χ2n) is 5.31. The first-order valence-corrected chi connectivity index (χ1v) is 7.19. The van der Waals surface area contributed by atoms with Crippen molar-refractivity contribution in [2.24, 2.45) is 0 Å². The van der Waals surface area contributed by atoms with E-state index >= 15 is 0 Å². The molecule has 2 rings (SSSR count). The number of benzene rings is 1. The minimum absolute atomic E-state index is 0.456. The van der Waals surface area contributed by atoms with Crippen LogP contribution in [0.2, 0.25) is 0 Å². The fraction of sp³-hybridized carbons (Fsp3) is 0.500. The van der Waals surface area contributed by atoms with Gasteiger partial charge in [-0.1, -0.05) is 12.8 Å². The standard InChI is InChI=1S/C16H20N2O3/c1-21-15-7-6-12(10-17)9-13(15)11-18-8-4-2-3-5-14(18)16(19)20/h6-7,9,14H,2-5,8,11H2,1H3,(H,19,20). The van der Waals surface area contributed by atoms with Crippen molar-refractivity contribution in [2.75, 3.05) is 13.7 Å². The number of carboxylic acids is 1. The van der Waals surface area contributed by atoms with Gasteiger partial charge in [-0.25, -0.2) is 0 Å². The Labute approximate surface area is 124 Å². The molecular weight excluding hydrogens is 268 g/mol. The lowest BCUT2D eigenvalue weighted by Gasteiger charge is -2.27. The van der Waals surface area contributed by atoms with Crippen LogP contribution < -0.4 is 4.74 Å². The number of aliphatic carboxylic acids is 1. The Bertz CT molecular complexity index is 551. The van der Waals surface area contributed by atoms with E-state index in [1.807, 2.05) is 4.90 Å². The zero-order valence-corrected chi connectivity index (χ0v) is 12.2. The van der Waals surface area contributed by atoms with Crippen LogP contribution in [0, 0.1) is 11.3 Å². The van der Waals surface area contributed by atoms with Crippen LogP contribution in [0.1, 0.15) is 36.8 Å². The maximum Gasteiger partial charge on any atom is 0.320 e. The molecule has 0 spiro atoms. The van der Waals surface area contributed by atoms with E-state index in [0.29, 0.717) is 24.3 Å². The zero-order chi connectivity index (χ0) is 15.2. The first-order chi connectivity index (χ1) is 10.2. The van der Waals surface area contributed by atoms with Gasteiger partial charge in [-0.05, 0) is 37.6 Å². The van der Waals surface area contributed by atoms with Crippen molar-refractivity contribution in [2.45, 2.75) is 38.3 Å². The third-order valence-corrected chi connectivity index (χ3v) is 3.93. The molecule has 0 aromatic heterocycles. The SMILES string of the molecule is COc1ccc(C#N)cc1CN1CCCCCC1C(=O)O. The molecule has 1 aliphatic rings. The van der Waals surface area contributed by atoms with E-state index in [1.54, 1.807) is 25.3 Å². The van der Waals surface area contributed by atoms with Gasteiger partial charge in [-0.3, -0.25) is 9.69 Å². The van der Waals surface area contributed by atoms with Crippen LogP contribution in [-0.2, 0) is 11.3 Å². The highest BCUT2D eigenvalue weighted by molar-refractivity contribution is 5.73. The number of ether oxygens (including phenoxy) is 1. The van der Waals surface area contributed by atoms with Gasteiger partial charge in [0, 0.05) is 12.1 Å². The van der Waals surface area contributed by atoms with Crippen LogP contribution >= 0.6 is 0 Å². The molecule has 1 heterocycles. The van der Waals surface area contributed by atoms with E-state index in [1.165, 1.54) is 0 Å². The van der Waals surface area contributed by atoms with Gasteiger partial charge in [0.15, 0.2) is 0 Å². The van der Waals surface area contributed by atoms with E-state index < -0.39 is 12.0 Å². The van der Waals surface area contributed by atoms with E-state index in [4.69, 9.17) is 10.00 Å². The van der Waals surface area contributed by atoms with Gasteiger partial charge in [-0.15, -0.1) is 0 Å². The molecule has 0 saturated carbocycles. The van der Waals surface area contributed by atoms with Gasteiger partial charge in [0.25, 0.3) is 0 Å². The molecule has 5 nitrogen and oxygen atoms in total. The molecule has 1 unspecified atom stereocenters. The highest BCUT2D eigenvalue weighted by Crippen LogP contribution is 2.25. The Morgan fingerprint density at radius 1 is 1.48 bits per heavy atom. The van der Waals surface area contributed by atoms with Crippen molar-refractivity contribution in [3.63, 3.8) is 0 Å². The average Bonchev–Trinajstić information content (AvgIpc) is 2.72. The third kappa shape index (κ3) is 3.73. The average molecular weight is 288 g/mol. The first-order valence-electron chi connectivity index (χ1n) is 7.19. The first kappa shape index (κ1) is 15.3. The lowest BCUT2D eigenvalue weighted by Crippen LogP contribution is -2.40. The summed E-state index contributed by atoms with van der Waals surface area (Å²) in [5.41, 5.74) is 1.43. The Morgan fingerprint density at radius 3 is 2.95 bits per heavy atom. The summed E-state index contributed by atoms with van der Waals surface area (Å²) in [7, 11) is 1.59. The summed E-state index contributed by atoms with van der Waals surface area (Å²) in [6.45, 7) is 1.26. The number of carboxylic acid groups (broad SMARTS) is 1. The molecule has 0 radical (unpaired) electrons. The number of methoxy groups -OCH3 is 1. The number of rotatable bonds is 4. The Balaban J connectivity index is 2.25. The molecule has 0 bridgehead atoms. The third-order valence-electron chi connectivity index (χ3n) is 3.93. The number of likely N-dealkylation sites (tertiary alicyclic amines) is 1. The Morgan fingerprint density at radius 2 is 2.29 bits per heavy atom. The van der Waals surface area contributed by atoms with Crippen LogP contribution in [-0.4, -0.2) is 35.7 Å². The summed E-state index contributed by atoms with van der Waals surface area (Å²) in [6.07, 6.45) is 3.69. The van der Waals surface area contributed by atoms with Crippen molar-refractivity contribution in [1.29, 1.82) is 5.26 Å². The highest BCUT2D eigenvalue weighted by Gasteiger charge is 2.27. The molecule has 1 aliphatic heterocycles. The minimum atomic E-state index is -0.771. The molecule has 1 N–H and O–H groups in total. The summed E-state index contributed by atoms with van der Waals surface area (Å²) in [4.78, 5) is 13.4. The van der Waals surface area contributed by atoms with Crippen molar-refractivity contribution >= 4 is 5.97 Å². The van der Waals surface area contributed by atoms with E-state index in [2.05, 4.69) is 6.07 Å². The van der Waals surface area contributed by atoms with Crippen LogP contribution in [0.5, 0.6) is 5.75 Å². The molecular formula is C16H20N2O3. The van der Waals surface area contributed by atoms with Crippen LogP contribution in [0.15, 0.2) is 18.2 Å². The van der Waals surface area contributed by atoms with Crippen molar-refractivity contribution in [3.05, 3.63) is 29.3 Å². The van der Waals surface area contributed by atoms with Gasteiger partial charge in [0.2, 0.25) is 0 Å². The van der Waals surface area contributed by atoms with E-state index in [9.17, 15) is 9.90 Å². The van der Waals surface area contributed by atoms with Crippen LogP contribution in [0.25, 0.3) is 0 Å². The molecule has 1 fully saturated rings. The Kier molecular flexibility index (Phi) is 5.18. The van der Waals surface area contributed by atoms with Crippen molar-refractivity contribution < 1.29 is 14.6 Å². The smallest absolute Gasteiger partial charge is 0.320 e. The molecule has 112 valence electrons. The quantitative estimate of drug-likeness (QED) is 0.921. The summed E-state index contributed by atoms with van der Waals surface area (Å²) in [5.74, 6) is -0.0744. The number of carbonyl (C=O) groups is 1. The second-order valence-corrected chi connectivity index (χ2v) is 5.31. The normalized spacial score (nSPS) is 19.5. The largest absolute Gasteiger partial charge is 0.496 e. The van der Waals surface area contributed by atoms with Gasteiger partial charge in [-0.2, -0.15) is 5.26 Å². The maximum atomic E-state index is 11.5. The molecule has 1 aromatic carbocycles. The number of nitriles is 1. The minimum Gasteiger partial charge on any atom is -0.496 e. The maximum absolute atomic E-state index is 11.5. The monoisotopic (exact) mass is 288 g/mol. The van der Waals surface area contributed by atoms with Gasteiger partial charge in [0.1, 0.15) is 11.8 Å². The fourth-order valence-electron chi connectivity index (χ4n) is 2.83. The predicted octanol–water partition coefficient (Wildman–Crippen LogP) is 2.40. The number of hydrogen-bond donors (Lipinski definition) is 1. The summed E-state index contributed by atoms with van der Waals surface area (Å²) < 4.78 is 5.33. The van der Waals surface area contributed by atoms with Crippen molar-refractivity contribution in [1.82, 2.24) is 4.90 Å². The molecule has 21 heavy (non-hydrogen) atoms. The second kappa shape index (κ2) is 7.09. The predicted molar refractivity (Wildman–Crippen MR) is 78.0 cm³/mol. The summed E-state index contributed by atoms with van der Waals surface area (Å²) in [6, 6.07) is 6.91. The molecule has 5 heteroatoms. The molecule has 1 aromatic rings. The number of nitrogens with zero attached hydrogens (tertiary/aromatic N) is 2. The van der Waals surface area contributed by atoms with Gasteiger partial charge < -0.3 is 9.84 Å².